The molecule has 0 aromatic heterocycles. The minimum Gasteiger partial charge on any atom is -0.479 e. The number of likely N-dealkylation sites (N-methyl/N-ethyl adjacent to an activating group) is 1. The number of carbonyl (C=O) groups is 2. The van der Waals surface area contributed by atoms with Crippen molar-refractivity contribution in [1.29, 1.82) is 0 Å². The second kappa shape index (κ2) is 9.82. The van der Waals surface area contributed by atoms with Crippen LogP contribution in [0.2, 0.25) is 0 Å². The van der Waals surface area contributed by atoms with Crippen LogP contribution in [-0.2, 0) is 14.4 Å². The topological polar surface area (TPSA) is 100 Å². The molecule has 0 aliphatic heterocycles. The fraction of sp³-hybridized carbons (Fsp3) is 0.778. The summed E-state index contributed by atoms with van der Waals surface area (Å²) in [5.41, 5.74) is 1.93. The Bertz CT molecular complexity index is 235. The zero-order valence-corrected chi connectivity index (χ0v) is 10.1. The first-order valence-electron chi connectivity index (χ1n) is 5.12. The summed E-state index contributed by atoms with van der Waals surface area (Å²) in [6.07, 6.45) is 0. The molecule has 0 aromatic carbocycles. The van der Waals surface area contributed by atoms with E-state index in [1.807, 2.05) is 24.5 Å². The van der Waals surface area contributed by atoms with Gasteiger partial charge in [0, 0.05) is 13.1 Å². The normalized spacial score (nSPS) is 10.3. The van der Waals surface area contributed by atoms with Crippen LogP contribution < -0.4 is 10.8 Å². The van der Waals surface area contributed by atoms with E-state index in [-0.39, 0.29) is 0 Å². The molecule has 0 atom stereocenters. The van der Waals surface area contributed by atoms with Gasteiger partial charge in [-0.1, -0.05) is 0 Å². The van der Waals surface area contributed by atoms with E-state index in [1.165, 1.54) is 0 Å². The maximum atomic E-state index is 11.0. The van der Waals surface area contributed by atoms with Gasteiger partial charge < -0.3 is 20.1 Å². The van der Waals surface area contributed by atoms with Gasteiger partial charge in [0.1, 0.15) is 0 Å². The molecule has 0 bridgehead atoms. The van der Waals surface area contributed by atoms with Crippen molar-refractivity contribution in [3.05, 3.63) is 0 Å². The van der Waals surface area contributed by atoms with Crippen molar-refractivity contribution >= 4 is 12.0 Å². The quantitative estimate of drug-likeness (QED) is 0.353. The standard InChI is InChI=1S/C9H19N3O5/c1-12(2)4-6-16-5-3-10-9(15)11-17-7-8(13)14/h3-7H2,1-2H3,(H,13,14)(H2,10,11,15). The van der Waals surface area contributed by atoms with Gasteiger partial charge >= 0.3 is 12.0 Å². The first-order chi connectivity index (χ1) is 8.02. The lowest BCUT2D eigenvalue weighted by molar-refractivity contribution is -0.144. The molecule has 0 aromatic rings. The summed E-state index contributed by atoms with van der Waals surface area (Å²) >= 11 is 0. The third-order valence-corrected chi connectivity index (χ3v) is 1.58. The molecule has 3 N–H and O–H groups in total. The molecule has 0 rings (SSSR count). The van der Waals surface area contributed by atoms with Gasteiger partial charge in [-0.25, -0.2) is 15.1 Å². The van der Waals surface area contributed by atoms with Crippen LogP contribution >= 0.6 is 0 Å². The van der Waals surface area contributed by atoms with Crippen molar-refractivity contribution in [2.24, 2.45) is 0 Å². The molecule has 17 heavy (non-hydrogen) atoms. The molecule has 8 heteroatoms. The molecule has 0 saturated carbocycles. The van der Waals surface area contributed by atoms with Crippen molar-refractivity contribution in [2.45, 2.75) is 0 Å². The largest absolute Gasteiger partial charge is 0.479 e. The molecule has 0 spiro atoms. The molecule has 0 saturated heterocycles. The van der Waals surface area contributed by atoms with E-state index in [0.29, 0.717) is 19.8 Å². The van der Waals surface area contributed by atoms with E-state index in [4.69, 9.17) is 9.84 Å². The summed E-state index contributed by atoms with van der Waals surface area (Å²) in [6, 6.07) is -0.595. The monoisotopic (exact) mass is 249 g/mol. The Balaban J connectivity index is 3.25. The van der Waals surface area contributed by atoms with Crippen LogP contribution in [-0.4, -0.2) is 69.0 Å². The molecule has 0 aliphatic rings. The molecule has 2 amide bonds. The summed E-state index contributed by atoms with van der Waals surface area (Å²) in [4.78, 5) is 27.4. The Morgan fingerprint density at radius 1 is 1.29 bits per heavy atom. The average Bonchev–Trinajstić information content (AvgIpc) is 2.22. The lowest BCUT2D eigenvalue weighted by Crippen LogP contribution is -2.38. The van der Waals surface area contributed by atoms with E-state index < -0.39 is 18.6 Å². The Morgan fingerprint density at radius 3 is 2.59 bits per heavy atom. The SMILES string of the molecule is CN(C)CCOCCNC(=O)NOCC(=O)O. The van der Waals surface area contributed by atoms with Gasteiger partial charge in [-0.2, -0.15) is 0 Å². The molecule has 100 valence electrons. The summed E-state index contributed by atoms with van der Waals surface area (Å²) in [6.45, 7) is 1.54. The summed E-state index contributed by atoms with van der Waals surface area (Å²) in [7, 11) is 3.88. The number of hydrogen-bond donors (Lipinski definition) is 3. The van der Waals surface area contributed by atoms with Crippen LogP contribution in [0.5, 0.6) is 0 Å². The number of carboxylic acids is 1. The molecule has 0 heterocycles. The van der Waals surface area contributed by atoms with Crippen molar-refractivity contribution in [3.63, 3.8) is 0 Å². The predicted molar refractivity (Wildman–Crippen MR) is 59.5 cm³/mol. The third-order valence-electron chi connectivity index (χ3n) is 1.58. The second-order valence-corrected chi connectivity index (χ2v) is 3.46. The predicted octanol–water partition coefficient (Wildman–Crippen LogP) is -1.12. The zero-order chi connectivity index (χ0) is 13.1. The summed E-state index contributed by atoms with van der Waals surface area (Å²) < 4.78 is 5.22. The molecule has 8 nitrogen and oxygen atoms in total. The Hall–Kier alpha value is -1.38. The highest BCUT2D eigenvalue weighted by Crippen LogP contribution is 1.78. The zero-order valence-electron chi connectivity index (χ0n) is 10.1. The van der Waals surface area contributed by atoms with Crippen LogP contribution in [0.25, 0.3) is 0 Å². The average molecular weight is 249 g/mol. The minimum atomic E-state index is -1.16. The third kappa shape index (κ3) is 12.6. The molecule has 0 unspecified atom stereocenters. The van der Waals surface area contributed by atoms with E-state index in [1.54, 1.807) is 0 Å². The van der Waals surface area contributed by atoms with E-state index >= 15 is 0 Å². The van der Waals surface area contributed by atoms with Gasteiger partial charge in [-0.05, 0) is 14.1 Å². The first kappa shape index (κ1) is 15.6. The van der Waals surface area contributed by atoms with Gasteiger partial charge in [-0.15, -0.1) is 0 Å². The van der Waals surface area contributed by atoms with Crippen molar-refractivity contribution in [1.82, 2.24) is 15.7 Å². The number of carboxylic acid groups (broad SMARTS) is 1. The number of aliphatic carboxylic acids is 1. The summed E-state index contributed by atoms with van der Waals surface area (Å²) in [5, 5.41) is 10.7. The number of urea groups is 1. The highest BCUT2D eigenvalue weighted by atomic mass is 16.7. The number of nitrogens with zero attached hydrogens (tertiary/aromatic N) is 1. The number of nitrogens with one attached hydrogen (secondary N) is 2. The van der Waals surface area contributed by atoms with Gasteiger partial charge in [0.05, 0.1) is 13.2 Å². The van der Waals surface area contributed by atoms with Crippen LogP contribution in [0.1, 0.15) is 0 Å². The van der Waals surface area contributed by atoms with Crippen molar-refractivity contribution < 1.29 is 24.3 Å². The Labute approximate surface area is 99.8 Å². The van der Waals surface area contributed by atoms with Gasteiger partial charge in [0.2, 0.25) is 0 Å². The van der Waals surface area contributed by atoms with Crippen LogP contribution in [0.4, 0.5) is 4.79 Å². The number of hydroxylamine groups is 1. The van der Waals surface area contributed by atoms with Crippen LogP contribution in [0.3, 0.4) is 0 Å². The number of carbonyl (C=O) groups excluding carboxylic acids is 1. The van der Waals surface area contributed by atoms with Crippen LogP contribution in [0.15, 0.2) is 0 Å². The molecule has 0 radical (unpaired) electrons. The minimum absolute atomic E-state index is 0.329. The number of amides is 2. The fourth-order valence-corrected chi connectivity index (χ4v) is 0.785. The van der Waals surface area contributed by atoms with Crippen molar-refractivity contribution in [3.8, 4) is 0 Å². The van der Waals surface area contributed by atoms with E-state index in [0.717, 1.165) is 6.54 Å². The lowest BCUT2D eigenvalue weighted by Gasteiger charge is -2.10. The first-order valence-corrected chi connectivity index (χ1v) is 5.12. The molecule has 0 aliphatic carbocycles. The van der Waals surface area contributed by atoms with Gasteiger partial charge in [0.25, 0.3) is 0 Å². The molecular formula is C9H19N3O5. The maximum absolute atomic E-state index is 11.0. The Morgan fingerprint density at radius 2 is 2.00 bits per heavy atom. The van der Waals surface area contributed by atoms with Gasteiger partial charge in [-0.3, -0.25) is 4.84 Å². The number of rotatable bonds is 9. The van der Waals surface area contributed by atoms with Crippen molar-refractivity contribution in [2.75, 3.05) is 47.0 Å². The van der Waals surface area contributed by atoms with Gasteiger partial charge in [0.15, 0.2) is 6.61 Å². The molecular weight excluding hydrogens is 230 g/mol. The van der Waals surface area contributed by atoms with Crippen LogP contribution in [0, 0.1) is 0 Å². The summed E-state index contributed by atoms with van der Waals surface area (Å²) in [5.74, 6) is -1.16. The molecule has 0 fully saturated rings. The second-order valence-electron chi connectivity index (χ2n) is 3.46. The highest BCUT2D eigenvalue weighted by molar-refractivity contribution is 5.73. The lowest BCUT2D eigenvalue weighted by atomic mass is 10.6. The van der Waals surface area contributed by atoms with E-state index in [9.17, 15) is 9.59 Å². The number of ether oxygens (including phenoxy) is 1. The number of hydrogen-bond acceptors (Lipinski definition) is 5. The highest BCUT2D eigenvalue weighted by Gasteiger charge is 2.01. The Kier molecular flexibility index (Phi) is 9.02. The van der Waals surface area contributed by atoms with E-state index in [2.05, 4.69) is 10.2 Å². The smallest absolute Gasteiger partial charge is 0.338 e. The maximum Gasteiger partial charge on any atom is 0.338 e. The fourth-order valence-electron chi connectivity index (χ4n) is 0.785.